The largest absolute Gasteiger partial charge is 0.497 e. The van der Waals surface area contributed by atoms with Crippen LogP contribution in [0.1, 0.15) is 23.7 Å². The Morgan fingerprint density at radius 3 is 2.96 bits per heavy atom. The molecule has 7 nitrogen and oxygen atoms in total. The van der Waals surface area contributed by atoms with Gasteiger partial charge in [-0.25, -0.2) is 13.1 Å². The summed E-state index contributed by atoms with van der Waals surface area (Å²) in [6, 6.07) is 10.2. The highest BCUT2D eigenvalue weighted by Gasteiger charge is 2.25. The lowest BCUT2D eigenvalue weighted by Crippen LogP contribution is -2.38. The molecule has 2 aromatic rings. The Bertz CT molecular complexity index is 819. The van der Waals surface area contributed by atoms with Crippen molar-refractivity contribution < 1.29 is 13.2 Å². The number of methoxy groups -OCH3 is 1. The molecule has 0 fully saturated rings. The molecule has 0 amide bonds. The molecule has 1 aliphatic rings. The van der Waals surface area contributed by atoms with Crippen LogP contribution in [0.2, 0.25) is 0 Å². The van der Waals surface area contributed by atoms with Crippen molar-refractivity contribution in [3.63, 3.8) is 0 Å². The number of benzene rings is 1. The fourth-order valence-electron chi connectivity index (χ4n) is 3.24. The number of fused-ring (bicyclic) bond motifs is 1. The van der Waals surface area contributed by atoms with Gasteiger partial charge in [0, 0.05) is 32.4 Å². The minimum atomic E-state index is -3.17. The third-order valence-corrected chi connectivity index (χ3v) is 5.06. The van der Waals surface area contributed by atoms with E-state index in [1.54, 1.807) is 13.3 Å². The lowest BCUT2D eigenvalue weighted by molar-refractivity contribution is 0.162. The third-order valence-electron chi connectivity index (χ3n) is 4.33. The molecule has 1 atom stereocenters. The van der Waals surface area contributed by atoms with Crippen molar-refractivity contribution in [1.82, 2.24) is 19.4 Å². The highest BCUT2D eigenvalue weighted by molar-refractivity contribution is 7.88. The van der Waals surface area contributed by atoms with Crippen molar-refractivity contribution in [3.8, 4) is 5.75 Å². The van der Waals surface area contributed by atoms with E-state index in [2.05, 4.69) is 20.8 Å². The molecule has 0 spiro atoms. The normalized spacial score (nSPS) is 18.1. The summed E-state index contributed by atoms with van der Waals surface area (Å²) in [6.45, 7) is 2.89. The van der Waals surface area contributed by atoms with Crippen molar-refractivity contribution in [1.29, 1.82) is 0 Å². The zero-order valence-electron chi connectivity index (χ0n) is 14.6. The molecule has 1 aromatic carbocycles. The van der Waals surface area contributed by atoms with Crippen molar-refractivity contribution >= 4 is 10.0 Å². The van der Waals surface area contributed by atoms with Crippen LogP contribution in [-0.2, 0) is 23.1 Å². The first-order chi connectivity index (χ1) is 11.9. The van der Waals surface area contributed by atoms with Crippen LogP contribution >= 0.6 is 0 Å². The monoisotopic (exact) mass is 364 g/mol. The van der Waals surface area contributed by atoms with Crippen LogP contribution < -0.4 is 9.46 Å². The number of hydrogen-bond donors (Lipinski definition) is 1. The number of nitrogens with zero attached hydrogens (tertiary/aromatic N) is 3. The molecular weight excluding hydrogens is 340 g/mol. The fraction of sp³-hybridized carbons (Fsp3) is 0.471. The third kappa shape index (κ3) is 4.81. The summed E-state index contributed by atoms with van der Waals surface area (Å²) in [4.78, 5) is 2.36. The van der Waals surface area contributed by atoms with Gasteiger partial charge in [0.15, 0.2) is 0 Å². The summed E-state index contributed by atoms with van der Waals surface area (Å²) in [5.41, 5.74) is 2.35. The maximum atomic E-state index is 11.3. The van der Waals surface area contributed by atoms with Crippen LogP contribution in [0.15, 0.2) is 36.5 Å². The zero-order valence-corrected chi connectivity index (χ0v) is 15.4. The summed E-state index contributed by atoms with van der Waals surface area (Å²) < 4.78 is 32.4. The number of sulfonamides is 1. The Morgan fingerprint density at radius 2 is 2.20 bits per heavy atom. The minimum absolute atomic E-state index is 0.151. The van der Waals surface area contributed by atoms with Crippen LogP contribution in [0.3, 0.4) is 0 Å². The molecule has 0 aliphatic carbocycles. The number of hydrogen-bond acceptors (Lipinski definition) is 5. The Hall–Kier alpha value is -1.90. The van der Waals surface area contributed by atoms with E-state index in [4.69, 9.17) is 4.74 Å². The second kappa shape index (κ2) is 7.55. The molecule has 0 bridgehead atoms. The van der Waals surface area contributed by atoms with Gasteiger partial charge in [-0.3, -0.25) is 9.58 Å². The van der Waals surface area contributed by atoms with Crippen LogP contribution in [0.4, 0.5) is 0 Å². The number of rotatable bonds is 7. The first-order valence-electron chi connectivity index (χ1n) is 8.27. The second-order valence-corrected chi connectivity index (χ2v) is 8.23. The summed E-state index contributed by atoms with van der Waals surface area (Å²) in [7, 11) is -1.50. The maximum absolute atomic E-state index is 11.3. The average molecular weight is 364 g/mol. The first-order valence-corrected chi connectivity index (χ1v) is 10.2. The molecule has 0 saturated heterocycles. The van der Waals surface area contributed by atoms with E-state index in [0.29, 0.717) is 13.0 Å². The molecule has 0 unspecified atom stereocenters. The van der Waals surface area contributed by atoms with Crippen molar-refractivity contribution in [3.05, 3.63) is 47.8 Å². The van der Waals surface area contributed by atoms with Gasteiger partial charge >= 0.3 is 0 Å². The lowest BCUT2D eigenvalue weighted by Gasteiger charge is -2.34. The number of ether oxygens (including phenoxy) is 1. The molecule has 25 heavy (non-hydrogen) atoms. The molecule has 3 rings (SSSR count). The summed E-state index contributed by atoms with van der Waals surface area (Å²) in [5.74, 6) is 0.855. The van der Waals surface area contributed by atoms with Gasteiger partial charge in [-0.05, 0) is 30.2 Å². The van der Waals surface area contributed by atoms with E-state index in [0.717, 1.165) is 31.1 Å². The fourth-order valence-corrected chi connectivity index (χ4v) is 3.73. The van der Waals surface area contributed by atoms with E-state index >= 15 is 0 Å². The van der Waals surface area contributed by atoms with Gasteiger partial charge in [-0.15, -0.1) is 0 Å². The Morgan fingerprint density at radius 1 is 1.36 bits per heavy atom. The predicted molar refractivity (Wildman–Crippen MR) is 95.8 cm³/mol. The lowest BCUT2D eigenvalue weighted by atomic mass is 10.1. The van der Waals surface area contributed by atoms with Crippen molar-refractivity contribution in [2.24, 2.45) is 0 Å². The molecule has 0 radical (unpaired) electrons. The van der Waals surface area contributed by atoms with Gasteiger partial charge in [-0.2, -0.15) is 5.10 Å². The highest BCUT2D eigenvalue weighted by atomic mass is 32.2. The molecule has 8 heteroatoms. The van der Waals surface area contributed by atoms with Crippen LogP contribution in [0.25, 0.3) is 0 Å². The Balaban J connectivity index is 1.68. The van der Waals surface area contributed by atoms with Crippen LogP contribution in [0, 0.1) is 0 Å². The summed E-state index contributed by atoms with van der Waals surface area (Å²) >= 11 is 0. The average Bonchev–Trinajstić information content (AvgIpc) is 3.02. The second-order valence-electron chi connectivity index (χ2n) is 6.40. The topological polar surface area (TPSA) is 76.5 Å². The molecule has 1 aromatic heterocycles. The Kier molecular flexibility index (Phi) is 5.41. The molecule has 0 saturated carbocycles. The van der Waals surface area contributed by atoms with Gasteiger partial charge in [0.2, 0.25) is 10.0 Å². The van der Waals surface area contributed by atoms with E-state index in [9.17, 15) is 8.42 Å². The number of nitrogens with one attached hydrogen (secondary N) is 1. The maximum Gasteiger partial charge on any atom is 0.208 e. The number of aromatic nitrogens is 2. The van der Waals surface area contributed by atoms with Gasteiger partial charge in [0.1, 0.15) is 5.75 Å². The smallest absolute Gasteiger partial charge is 0.208 e. The molecule has 1 aliphatic heterocycles. The zero-order chi connectivity index (χ0) is 17.9. The van der Waals surface area contributed by atoms with E-state index < -0.39 is 10.0 Å². The van der Waals surface area contributed by atoms with Crippen LogP contribution in [0.5, 0.6) is 5.75 Å². The van der Waals surface area contributed by atoms with E-state index in [1.165, 1.54) is 11.8 Å². The SMILES string of the molecule is COc1cccc(CN2Cc3ccnn3[C@@H](CCNS(C)(=O)=O)C2)c1. The van der Waals surface area contributed by atoms with Crippen molar-refractivity contribution in [2.45, 2.75) is 25.6 Å². The molecule has 136 valence electrons. The van der Waals surface area contributed by atoms with Crippen LogP contribution in [-0.4, -0.2) is 49.6 Å². The van der Waals surface area contributed by atoms with Gasteiger partial charge in [0.25, 0.3) is 0 Å². The van der Waals surface area contributed by atoms with Crippen molar-refractivity contribution in [2.75, 3.05) is 26.5 Å². The Labute approximate surface area is 148 Å². The van der Waals surface area contributed by atoms with E-state index in [1.807, 2.05) is 28.9 Å². The minimum Gasteiger partial charge on any atom is -0.497 e. The highest BCUT2D eigenvalue weighted by Crippen LogP contribution is 2.25. The molecule has 1 N–H and O–H groups in total. The van der Waals surface area contributed by atoms with Gasteiger partial charge < -0.3 is 4.74 Å². The predicted octanol–water partition coefficient (Wildman–Crippen LogP) is 1.39. The molecular formula is C17H24N4O3S. The van der Waals surface area contributed by atoms with Gasteiger partial charge in [0.05, 0.1) is 25.1 Å². The van der Waals surface area contributed by atoms with Gasteiger partial charge in [-0.1, -0.05) is 12.1 Å². The summed E-state index contributed by atoms with van der Waals surface area (Å²) in [6.07, 6.45) is 3.69. The quantitative estimate of drug-likeness (QED) is 0.803. The van der Waals surface area contributed by atoms with E-state index in [-0.39, 0.29) is 6.04 Å². The molecule has 2 heterocycles. The first kappa shape index (κ1) is 17.9. The summed E-state index contributed by atoms with van der Waals surface area (Å²) in [5, 5.41) is 4.41. The standard InChI is InChI=1S/C17H24N4O3S/c1-24-17-5-3-4-14(10-17)11-20-12-15-6-8-18-21(15)16(13-20)7-9-19-25(2,22)23/h3-6,8,10,16,19H,7,9,11-13H2,1-2H3/t16-/m0/s1.